The van der Waals surface area contributed by atoms with Crippen molar-refractivity contribution in [3.05, 3.63) is 42.0 Å². The summed E-state index contributed by atoms with van der Waals surface area (Å²) in [5.74, 6) is 0.163. The molecule has 2 N–H and O–H groups in total. The van der Waals surface area contributed by atoms with Gasteiger partial charge in [-0.2, -0.15) is 4.98 Å². The molecule has 0 unspecified atom stereocenters. The highest BCUT2D eigenvalue weighted by Crippen LogP contribution is 2.16. The second kappa shape index (κ2) is 7.94. The summed E-state index contributed by atoms with van der Waals surface area (Å²) in [6.45, 7) is 1.79. The van der Waals surface area contributed by atoms with Crippen LogP contribution in [-0.4, -0.2) is 61.5 Å². The molecule has 1 aromatic carbocycles. The Kier molecular flexibility index (Phi) is 5.64. The van der Waals surface area contributed by atoms with Crippen molar-refractivity contribution >= 4 is 15.9 Å². The van der Waals surface area contributed by atoms with Gasteiger partial charge in [-0.25, -0.2) is 12.7 Å². The second-order valence-electron chi connectivity index (χ2n) is 6.12. The summed E-state index contributed by atoms with van der Waals surface area (Å²) in [7, 11) is -2.24. The molecule has 140 valence electrons. The lowest BCUT2D eigenvalue weighted by molar-refractivity contribution is 0.0940. The largest absolute Gasteiger partial charge is 0.348 e. The van der Waals surface area contributed by atoms with Crippen LogP contribution in [0.5, 0.6) is 0 Å². The first-order chi connectivity index (χ1) is 12.5. The van der Waals surface area contributed by atoms with Gasteiger partial charge in [0.25, 0.3) is 5.91 Å². The maximum absolute atomic E-state index is 12.7. The van der Waals surface area contributed by atoms with Crippen LogP contribution in [0.15, 0.2) is 40.1 Å². The fourth-order valence-corrected chi connectivity index (χ4v) is 3.92. The average Bonchev–Trinajstić information content (AvgIpc) is 3.33. The van der Waals surface area contributed by atoms with E-state index in [9.17, 15) is 13.2 Å². The molecule has 0 spiro atoms. The van der Waals surface area contributed by atoms with Crippen molar-refractivity contribution in [2.75, 3.05) is 26.7 Å². The van der Waals surface area contributed by atoms with E-state index in [1.807, 2.05) is 0 Å². The third-order valence-corrected chi connectivity index (χ3v) is 6.11. The zero-order chi connectivity index (χ0) is 18.6. The van der Waals surface area contributed by atoms with Crippen LogP contribution in [0, 0.1) is 0 Å². The van der Waals surface area contributed by atoms with E-state index < -0.39 is 10.0 Å². The summed E-state index contributed by atoms with van der Waals surface area (Å²) in [6.07, 6.45) is 2.40. The number of likely N-dealkylation sites (N-methyl/N-ethyl adjacent to an activating group) is 1. The number of hydrogen-bond donors (Lipinski definition) is 2. The topological polar surface area (TPSA) is 117 Å². The average molecular weight is 379 g/mol. The van der Waals surface area contributed by atoms with E-state index >= 15 is 0 Å². The number of nitrogens with zero attached hydrogens (tertiary/aromatic N) is 3. The molecule has 1 saturated heterocycles. The number of aromatic nitrogens is 2. The normalized spacial score (nSPS) is 17.5. The number of rotatable bonds is 7. The minimum atomic E-state index is -3.72. The summed E-state index contributed by atoms with van der Waals surface area (Å²) in [5, 5.41) is 9.74. The summed E-state index contributed by atoms with van der Waals surface area (Å²) >= 11 is 0. The van der Waals surface area contributed by atoms with Crippen molar-refractivity contribution in [2.24, 2.45) is 0 Å². The van der Waals surface area contributed by atoms with Gasteiger partial charge in [-0.15, -0.1) is 0 Å². The van der Waals surface area contributed by atoms with Crippen LogP contribution in [0.4, 0.5) is 0 Å². The van der Waals surface area contributed by atoms with Crippen molar-refractivity contribution in [1.82, 2.24) is 25.1 Å². The van der Waals surface area contributed by atoms with Gasteiger partial charge in [0.1, 0.15) is 0 Å². The predicted octanol–water partition coefficient (Wildman–Crippen LogP) is 0.0245. The highest BCUT2D eigenvalue weighted by atomic mass is 32.2. The molecule has 0 saturated carbocycles. The minimum absolute atomic E-state index is 0.0698. The molecule has 0 radical (unpaired) electrons. The molecular formula is C16H21N5O4S. The van der Waals surface area contributed by atoms with Gasteiger partial charge in [0.05, 0.1) is 4.90 Å². The summed E-state index contributed by atoms with van der Waals surface area (Å²) < 4.78 is 31.3. The molecule has 1 aliphatic heterocycles. The van der Waals surface area contributed by atoms with Crippen LogP contribution in [0.25, 0.3) is 0 Å². The number of benzene rings is 1. The monoisotopic (exact) mass is 379 g/mol. The summed E-state index contributed by atoms with van der Waals surface area (Å²) in [4.78, 5) is 16.3. The first kappa shape index (κ1) is 18.5. The van der Waals surface area contributed by atoms with Gasteiger partial charge in [0, 0.05) is 38.2 Å². The fraction of sp³-hybridized carbons (Fsp3) is 0.438. The molecule has 0 aliphatic carbocycles. The van der Waals surface area contributed by atoms with Gasteiger partial charge < -0.3 is 15.2 Å². The van der Waals surface area contributed by atoms with Gasteiger partial charge in [0.2, 0.25) is 16.4 Å². The molecule has 1 aliphatic rings. The smallest absolute Gasteiger partial charge is 0.251 e. The van der Waals surface area contributed by atoms with Crippen molar-refractivity contribution in [3.8, 4) is 0 Å². The van der Waals surface area contributed by atoms with Crippen LogP contribution in [-0.2, 0) is 16.4 Å². The third kappa shape index (κ3) is 4.26. The minimum Gasteiger partial charge on any atom is -0.348 e. The predicted molar refractivity (Wildman–Crippen MR) is 93.0 cm³/mol. The Morgan fingerprint density at radius 1 is 1.46 bits per heavy atom. The molecule has 10 heteroatoms. The Morgan fingerprint density at radius 3 is 3.00 bits per heavy atom. The number of sulfonamides is 1. The molecule has 2 aromatic rings. The van der Waals surface area contributed by atoms with E-state index in [0.29, 0.717) is 17.8 Å². The highest BCUT2D eigenvalue weighted by Gasteiger charge is 2.23. The summed E-state index contributed by atoms with van der Waals surface area (Å²) in [6, 6.07) is 6.13. The SMILES string of the molecule is CN(CCc1ncon1)S(=O)(=O)c1cccc(C(=O)N[C@@H]2CCNC2)c1. The molecule has 1 fully saturated rings. The number of hydrogen-bond acceptors (Lipinski definition) is 7. The molecule has 3 rings (SSSR count). The molecule has 1 aromatic heterocycles. The quantitative estimate of drug-likeness (QED) is 0.696. The maximum atomic E-state index is 12.7. The molecule has 1 amide bonds. The van der Waals surface area contributed by atoms with E-state index in [1.165, 1.54) is 29.9 Å². The van der Waals surface area contributed by atoms with E-state index in [-0.39, 0.29) is 23.4 Å². The van der Waals surface area contributed by atoms with Gasteiger partial charge in [0.15, 0.2) is 5.82 Å². The van der Waals surface area contributed by atoms with Crippen molar-refractivity contribution in [2.45, 2.75) is 23.8 Å². The lowest BCUT2D eigenvalue weighted by Gasteiger charge is -2.17. The van der Waals surface area contributed by atoms with Crippen LogP contribution < -0.4 is 10.6 Å². The Bertz CT molecular complexity index is 847. The number of nitrogens with one attached hydrogen (secondary N) is 2. The first-order valence-corrected chi connectivity index (χ1v) is 9.74. The molecule has 9 nitrogen and oxygen atoms in total. The number of carbonyl (C=O) groups excluding carboxylic acids is 1. The van der Waals surface area contributed by atoms with E-state index in [1.54, 1.807) is 12.1 Å². The van der Waals surface area contributed by atoms with Crippen LogP contribution >= 0.6 is 0 Å². The second-order valence-corrected chi connectivity index (χ2v) is 8.16. The maximum Gasteiger partial charge on any atom is 0.251 e. The zero-order valence-electron chi connectivity index (χ0n) is 14.4. The lowest BCUT2D eigenvalue weighted by atomic mass is 10.2. The van der Waals surface area contributed by atoms with Gasteiger partial charge in [-0.1, -0.05) is 11.2 Å². The van der Waals surface area contributed by atoms with Crippen LogP contribution in [0.1, 0.15) is 22.6 Å². The highest BCUT2D eigenvalue weighted by molar-refractivity contribution is 7.89. The van der Waals surface area contributed by atoms with Crippen molar-refractivity contribution in [1.29, 1.82) is 0 Å². The first-order valence-electron chi connectivity index (χ1n) is 8.30. The molecule has 0 bridgehead atoms. The van der Waals surface area contributed by atoms with Crippen LogP contribution in [0.2, 0.25) is 0 Å². The number of carbonyl (C=O) groups is 1. The Labute approximate surface area is 151 Å². The zero-order valence-corrected chi connectivity index (χ0v) is 15.2. The lowest BCUT2D eigenvalue weighted by Crippen LogP contribution is -2.36. The molecular weight excluding hydrogens is 358 g/mol. The Hall–Kier alpha value is -2.30. The van der Waals surface area contributed by atoms with Crippen LogP contribution in [0.3, 0.4) is 0 Å². The van der Waals surface area contributed by atoms with E-state index in [0.717, 1.165) is 19.5 Å². The molecule has 1 atom stereocenters. The standard InChI is InChI=1S/C16H21N5O4S/c1-21(8-6-15-18-11-25-20-15)26(23,24)14-4-2-3-12(9-14)16(22)19-13-5-7-17-10-13/h2-4,9,11,13,17H,5-8,10H2,1H3,(H,19,22)/t13-/m1/s1. The van der Waals surface area contributed by atoms with Gasteiger partial charge in [-0.3, -0.25) is 4.79 Å². The third-order valence-electron chi connectivity index (χ3n) is 4.26. The Balaban J connectivity index is 1.69. The molecule has 26 heavy (non-hydrogen) atoms. The van der Waals surface area contributed by atoms with E-state index in [2.05, 4.69) is 25.3 Å². The van der Waals surface area contributed by atoms with Gasteiger partial charge in [-0.05, 0) is 31.2 Å². The van der Waals surface area contributed by atoms with Crippen molar-refractivity contribution in [3.63, 3.8) is 0 Å². The Morgan fingerprint density at radius 2 is 2.31 bits per heavy atom. The molecule has 2 heterocycles. The van der Waals surface area contributed by atoms with E-state index in [4.69, 9.17) is 0 Å². The fourth-order valence-electron chi connectivity index (χ4n) is 2.70. The number of amides is 1. The summed E-state index contributed by atoms with van der Waals surface area (Å²) in [5.41, 5.74) is 0.324. The van der Waals surface area contributed by atoms with Crippen molar-refractivity contribution < 1.29 is 17.7 Å². The van der Waals surface area contributed by atoms with Gasteiger partial charge >= 0.3 is 0 Å².